The standard InChI is InChI=1S/C18H19N7S/c19-7-14-4-5-15(10-20-14)23-18-24-16(12-26-18)17-3-1-2-6-25(17)11-13-8-21-22-9-13/h4-5,8-10,12,17H,1-3,6,11H2,(H,21,22)(H,23,24)/t17-/m1/s1. The number of hydrogen-bond acceptors (Lipinski definition) is 7. The zero-order valence-electron chi connectivity index (χ0n) is 14.2. The summed E-state index contributed by atoms with van der Waals surface area (Å²) in [5.74, 6) is 0. The lowest BCUT2D eigenvalue weighted by Gasteiger charge is -2.34. The predicted octanol–water partition coefficient (Wildman–Crippen LogP) is 3.60. The summed E-state index contributed by atoms with van der Waals surface area (Å²) in [6.45, 7) is 1.97. The maximum absolute atomic E-state index is 8.83. The van der Waals surface area contributed by atoms with Crippen molar-refractivity contribution in [3.63, 3.8) is 0 Å². The van der Waals surface area contributed by atoms with Crippen LogP contribution in [0.15, 0.2) is 36.1 Å². The SMILES string of the molecule is N#Cc1ccc(Nc2nc([C@H]3CCCCN3Cc3cn[nH]c3)cs2)cn1. The number of nitrogens with zero attached hydrogens (tertiary/aromatic N) is 5. The molecule has 7 nitrogen and oxygen atoms in total. The minimum absolute atomic E-state index is 0.338. The Hall–Kier alpha value is -2.76. The van der Waals surface area contributed by atoms with E-state index in [1.807, 2.05) is 24.5 Å². The third-order valence-corrected chi connectivity index (χ3v) is 5.32. The van der Waals surface area contributed by atoms with Crippen LogP contribution in [0.1, 0.15) is 42.3 Å². The second kappa shape index (κ2) is 7.64. The van der Waals surface area contributed by atoms with Gasteiger partial charge in [0, 0.05) is 23.7 Å². The molecule has 3 aromatic rings. The Balaban J connectivity index is 1.47. The van der Waals surface area contributed by atoms with Crippen LogP contribution in [0.4, 0.5) is 10.8 Å². The molecule has 8 heteroatoms. The van der Waals surface area contributed by atoms with Crippen molar-refractivity contribution >= 4 is 22.2 Å². The third kappa shape index (κ3) is 3.74. The Kier molecular flexibility index (Phi) is 4.91. The van der Waals surface area contributed by atoms with Crippen LogP contribution in [0.25, 0.3) is 0 Å². The van der Waals surface area contributed by atoms with E-state index in [2.05, 4.69) is 30.8 Å². The Labute approximate surface area is 155 Å². The molecule has 4 heterocycles. The molecular formula is C18H19N7S. The smallest absolute Gasteiger partial charge is 0.187 e. The van der Waals surface area contributed by atoms with Crippen molar-refractivity contribution in [3.8, 4) is 6.07 Å². The molecule has 0 bridgehead atoms. The summed E-state index contributed by atoms with van der Waals surface area (Å²) in [6, 6.07) is 5.91. The van der Waals surface area contributed by atoms with Crippen LogP contribution in [-0.4, -0.2) is 31.6 Å². The van der Waals surface area contributed by atoms with Crippen LogP contribution in [-0.2, 0) is 6.54 Å². The van der Waals surface area contributed by atoms with Gasteiger partial charge in [-0.3, -0.25) is 10.00 Å². The zero-order valence-corrected chi connectivity index (χ0v) is 15.0. The first-order chi connectivity index (χ1) is 12.8. The number of hydrogen-bond donors (Lipinski definition) is 2. The normalized spacial score (nSPS) is 17.7. The Bertz CT molecular complexity index is 879. The largest absolute Gasteiger partial charge is 0.330 e. The highest BCUT2D eigenvalue weighted by atomic mass is 32.1. The second-order valence-electron chi connectivity index (χ2n) is 6.34. The quantitative estimate of drug-likeness (QED) is 0.717. The number of thiazole rings is 1. The summed E-state index contributed by atoms with van der Waals surface area (Å²) in [4.78, 5) is 11.4. The fourth-order valence-electron chi connectivity index (χ4n) is 3.27. The van der Waals surface area contributed by atoms with Gasteiger partial charge >= 0.3 is 0 Å². The van der Waals surface area contributed by atoms with Crippen LogP contribution in [0, 0.1) is 11.3 Å². The van der Waals surface area contributed by atoms with Gasteiger partial charge in [-0.25, -0.2) is 9.97 Å². The zero-order chi connectivity index (χ0) is 17.8. The average molecular weight is 365 g/mol. The highest BCUT2D eigenvalue weighted by Gasteiger charge is 2.26. The average Bonchev–Trinajstić information content (AvgIpc) is 3.35. The van der Waals surface area contributed by atoms with E-state index in [0.717, 1.165) is 36.0 Å². The predicted molar refractivity (Wildman–Crippen MR) is 99.9 cm³/mol. The van der Waals surface area contributed by atoms with Crippen LogP contribution in [0.2, 0.25) is 0 Å². The van der Waals surface area contributed by atoms with Crippen LogP contribution >= 0.6 is 11.3 Å². The number of rotatable bonds is 5. The molecule has 1 saturated heterocycles. The first-order valence-corrected chi connectivity index (χ1v) is 9.50. The molecule has 0 spiro atoms. The lowest BCUT2D eigenvalue weighted by Crippen LogP contribution is -2.33. The van der Waals surface area contributed by atoms with Crippen molar-refractivity contribution in [2.24, 2.45) is 0 Å². The molecule has 1 atom stereocenters. The topological polar surface area (TPSA) is 93.5 Å². The monoisotopic (exact) mass is 365 g/mol. The molecule has 1 aliphatic rings. The maximum atomic E-state index is 8.83. The van der Waals surface area contributed by atoms with Gasteiger partial charge in [0.25, 0.3) is 0 Å². The van der Waals surface area contributed by atoms with Crippen molar-refractivity contribution in [2.45, 2.75) is 31.8 Å². The van der Waals surface area contributed by atoms with Gasteiger partial charge in [0.2, 0.25) is 0 Å². The van der Waals surface area contributed by atoms with E-state index in [9.17, 15) is 0 Å². The highest BCUT2D eigenvalue weighted by molar-refractivity contribution is 7.13. The van der Waals surface area contributed by atoms with Crippen molar-refractivity contribution in [1.29, 1.82) is 5.26 Å². The number of pyridine rings is 1. The van der Waals surface area contributed by atoms with Gasteiger partial charge < -0.3 is 5.32 Å². The molecule has 0 saturated carbocycles. The fraction of sp³-hybridized carbons (Fsp3) is 0.333. The Morgan fingerprint density at radius 3 is 3.08 bits per heavy atom. The number of anilines is 2. The minimum atomic E-state index is 0.338. The Morgan fingerprint density at radius 2 is 2.31 bits per heavy atom. The molecule has 4 rings (SSSR count). The van der Waals surface area contributed by atoms with Crippen LogP contribution in [0.3, 0.4) is 0 Å². The first kappa shape index (κ1) is 16.7. The fourth-order valence-corrected chi connectivity index (χ4v) is 4.04. The van der Waals surface area contributed by atoms with Gasteiger partial charge in [-0.2, -0.15) is 10.4 Å². The molecule has 0 aromatic carbocycles. The van der Waals surface area contributed by atoms with Crippen molar-refractivity contribution in [3.05, 3.63) is 53.1 Å². The number of nitrogens with one attached hydrogen (secondary N) is 2. The van der Waals surface area contributed by atoms with E-state index in [1.54, 1.807) is 23.6 Å². The molecule has 0 amide bonds. The van der Waals surface area contributed by atoms with Crippen molar-refractivity contribution in [1.82, 2.24) is 25.1 Å². The van der Waals surface area contributed by atoms with Gasteiger partial charge in [0.15, 0.2) is 5.13 Å². The molecule has 26 heavy (non-hydrogen) atoms. The molecule has 2 N–H and O–H groups in total. The summed E-state index contributed by atoms with van der Waals surface area (Å²) < 4.78 is 0. The van der Waals surface area contributed by atoms with E-state index in [4.69, 9.17) is 10.2 Å². The second-order valence-corrected chi connectivity index (χ2v) is 7.19. The lowest BCUT2D eigenvalue weighted by atomic mass is 9.99. The molecule has 132 valence electrons. The van der Waals surface area contributed by atoms with E-state index in [0.29, 0.717) is 11.7 Å². The van der Waals surface area contributed by atoms with Crippen molar-refractivity contribution < 1.29 is 0 Å². The van der Waals surface area contributed by atoms with E-state index in [1.165, 1.54) is 18.4 Å². The molecule has 1 fully saturated rings. The highest BCUT2D eigenvalue weighted by Crippen LogP contribution is 2.34. The summed E-state index contributed by atoms with van der Waals surface area (Å²) in [7, 11) is 0. The van der Waals surface area contributed by atoms with Crippen LogP contribution in [0.5, 0.6) is 0 Å². The molecular weight excluding hydrogens is 346 g/mol. The lowest BCUT2D eigenvalue weighted by molar-refractivity contribution is 0.138. The number of nitriles is 1. The van der Waals surface area contributed by atoms with E-state index in [-0.39, 0.29) is 0 Å². The molecule has 0 radical (unpaired) electrons. The summed E-state index contributed by atoms with van der Waals surface area (Å²) >= 11 is 1.60. The number of H-pyrrole nitrogens is 1. The number of aromatic amines is 1. The van der Waals surface area contributed by atoms with Crippen molar-refractivity contribution in [2.75, 3.05) is 11.9 Å². The number of aromatic nitrogens is 4. The maximum Gasteiger partial charge on any atom is 0.187 e. The van der Waals surface area contributed by atoms with E-state index >= 15 is 0 Å². The van der Waals surface area contributed by atoms with Gasteiger partial charge in [-0.1, -0.05) is 6.42 Å². The van der Waals surface area contributed by atoms with Gasteiger partial charge in [-0.15, -0.1) is 11.3 Å². The van der Waals surface area contributed by atoms with Gasteiger partial charge in [0.1, 0.15) is 11.8 Å². The first-order valence-electron chi connectivity index (χ1n) is 8.62. The number of likely N-dealkylation sites (tertiary alicyclic amines) is 1. The minimum Gasteiger partial charge on any atom is -0.330 e. The van der Waals surface area contributed by atoms with E-state index < -0.39 is 0 Å². The third-order valence-electron chi connectivity index (χ3n) is 4.55. The van der Waals surface area contributed by atoms with Gasteiger partial charge in [0.05, 0.1) is 29.8 Å². The van der Waals surface area contributed by atoms with Crippen LogP contribution < -0.4 is 5.32 Å². The number of piperidine rings is 1. The molecule has 1 aliphatic heterocycles. The molecule has 3 aromatic heterocycles. The summed E-state index contributed by atoms with van der Waals surface area (Å²) in [5, 5.41) is 22.0. The summed E-state index contributed by atoms with van der Waals surface area (Å²) in [6.07, 6.45) is 9.08. The Morgan fingerprint density at radius 1 is 1.35 bits per heavy atom. The molecule has 0 aliphatic carbocycles. The molecule has 0 unspecified atom stereocenters. The summed E-state index contributed by atoms with van der Waals surface area (Å²) in [5.41, 5.74) is 3.56. The van der Waals surface area contributed by atoms with Gasteiger partial charge in [-0.05, 0) is 31.5 Å².